The third-order valence-corrected chi connectivity index (χ3v) is 19.1. The largest absolute Gasteiger partial charge is 0.462 e. The van der Waals surface area contributed by atoms with E-state index in [2.05, 4.69) is 44.5 Å². The molecule has 0 radical (unpaired) electrons. The van der Waals surface area contributed by atoms with Gasteiger partial charge in [-0.05, 0) is 182 Å². The molecule has 1 heterocycles. The molecule has 0 aromatic rings. The molecule has 0 aromatic heterocycles. The van der Waals surface area contributed by atoms with Crippen LogP contribution in [0.3, 0.4) is 0 Å². The Bertz CT molecular complexity index is 1610. The lowest BCUT2D eigenvalue weighted by Gasteiger charge is -2.67. The minimum absolute atomic E-state index is 0.0658. The van der Waals surface area contributed by atoms with Crippen molar-refractivity contribution in [1.82, 2.24) is 10.2 Å². The Morgan fingerprint density at radius 3 is 2.00 bits per heavy atom. The summed E-state index contributed by atoms with van der Waals surface area (Å²) in [5.74, 6) is 3.31. The SMILES string of the molecule is C=CC.CC1C(NC(=O)C23CCC[C@@H]2C2CCC4C5(C)CCC(OC(=O)C6CC(C(=O)OC(C)(C)C)C6(C)C)C(C)C5CCC4(C)C2CC3)CC1C(=O)N1CCCCC1. The predicted octanol–water partition coefficient (Wildman–Crippen LogP) is 10.3. The molecule has 8 fully saturated rings. The average molecular weight is 819 g/mol. The van der Waals surface area contributed by atoms with Gasteiger partial charge in [-0.1, -0.05) is 54.0 Å². The van der Waals surface area contributed by atoms with Gasteiger partial charge in [-0.15, -0.1) is 6.58 Å². The fourth-order valence-corrected chi connectivity index (χ4v) is 15.7. The highest BCUT2D eigenvalue weighted by molar-refractivity contribution is 5.85. The standard InChI is InChI=1S/C48H76N2O6.C3H6/c1-28-31(40(51)50-24-11-10-12-25-50)26-37(28)49-43(54)48-20-13-14-34(48)30-15-16-39-46(8)22-19-38(29(2)32(46)17-21-47(39,9)33(30)18-23-48)55-41(52)35-27-36(45(35,6)7)42(53)56-44(3,4)5;1-3-2/h28-39H,10-27H2,1-9H3,(H,49,54);3H,1H2,2H3/t28?,29?,30?,31?,32?,33?,34-,35?,36?,37?,38?,39?,46?,47?,48?;/m1./s1. The Labute approximate surface area is 357 Å². The highest BCUT2D eigenvalue weighted by Gasteiger charge is 2.67. The van der Waals surface area contributed by atoms with Gasteiger partial charge in [0.2, 0.25) is 11.8 Å². The van der Waals surface area contributed by atoms with E-state index in [0.29, 0.717) is 53.7 Å². The van der Waals surface area contributed by atoms with E-state index in [9.17, 15) is 19.2 Å². The summed E-state index contributed by atoms with van der Waals surface area (Å²) in [6.45, 7) is 26.6. The maximum atomic E-state index is 14.5. The summed E-state index contributed by atoms with van der Waals surface area (Å²) in [5, 5.41) is 3.58. The second-order valence-electron chi connectivity index (χ2n) is 23.4. The van der Waals surface area contributed by atoms with Gasteiger partial charge in [-0.2, -0.15) is 0 Å². The molecule has 7 aliphatic carbocycles. The number of allylic oxidation sites excluding steroid dienone is 1. The molecule has 59 heavy (non-hydrogen) atoms. The first-order valence-corrected chi connectivity index (χ1v) is 24.3. The normalized spacial score (nSPS) is 44.5. The van der Waals surface area contributed by atoms with Gasteiger partial charge >= 0.3 is 11.9 Å². The third kappa shape index (κ3) is 7.65. The van der Waals surface area contributed by atoms with E-state index in [1.165, 1.54) is 38.5 Å². The fourth-order valence-electron chi connectivity index (χ4n) is 15.7. The number of piperidine rings is 1. The van der Waals surface area contributed by atoms with Crippen LogP contribution in [-0.4, -0.2) is 59.5 Å². The summed E-state index contributed by atoms with van der Waals surface area (Å²) >= 11 is 0. The first-order chi connectivity index (χ1) is 27.7. The Morgan fingerprint density at radius 2 is 1.36 bits per heavy atom. The van der Waals surface area contributed by atoms with E-state index in [1.807, 2.05) is 41.5 Å². The Balaban J connectivity index is 0.00000171. The molecular weight excluding hydrogens is 737 g/mol. The number of hydrogen-bond donors (Lipinski definition) is 1. The van der Waals surface area contributed by atoms with Crippen molar-refractivity contribution in [2.24, 2.45) is 80.8 Å². The van der Waals surface area contributed by atoms with Crippen LogP contribution < -0.4 is 5.32 Å². The molecule has 0 spiro atoms. The van der Waals surface area contributed by atoms with E-state index in [0.717, 1.165) is 70.9 Å². The van der Waals surface area contributed by atoms with Crippen molar-refractivity contribution in [3.8, 4) is 0 Å². The molecule has 1 saturated heterocycles. The minimum atomic E-state index is -0.540. The molecule has 1 N–H and O–H groups in total. The van der Waals surface area contributed by atoms with Crippen LogP contribution in [0.15, 0.2) is 12.7 Å². The Hall–Kier alpha value is -2.38. The smallest absolute Gasteiger partial charge is 0.310 e. The first-order valence-electron chi connectivity index (χ1n) is 24.3. The van der Waals surface area contributed by atoms with Gasteiger partial charge in [0.25, 0.3) is 0 Å². The molecule has 8 heteroatoms. The van der Waals surface area contributed by atoms with E-state index >= 15 is 0 Å². The van der Waals surface area contributed by atoms with Crippen LogP contribution in [0.2, 0.25) is 0 Å². The summed E-state index contributed by atoms with van der Waals surface area (Å²) in [6, 6.07) is 0.129. The zero-order chi connectivity index (χ0) is 42.9. The molecule has 8 nitrogen and oxygen atoms in total. The van der Waals surface area contributed by atoms with E-state index in [4.69, 9.17) is 9.47 Å². The molecule has 2 amide bonds. The van der Waals surface area contributed by atoms with Crippen molar-refractivity contribution >= 4 is 23.8 Å². The van der Waals surface area contributed by atoms with E-state index in [-0.39, 0.29) is 64.0 Å². The number of amides is 2. The molecule has 0 bridgehead atoms. The van der Waals surface area contributed by atoms with Crippen LogP contribution in [-0.2, 0) is 28.7 Å². The first kappa shape index (κ1) is 44.7. The molecular formula is C51H82N2O6. The van der Waals surface area contributed by atoms with Crippen molar-refractivity contribution < 1.29 is 28.7 Å². The number of likely N-dealkylation sites (tertiary alicyclic amines) is 1. The van der Waals surface area contributed by atoms with Crippen LogP contribution >= 0.6 is 0 Å². The van der Waals surface area contributed by atoms with Crippen LogP contribution in [0.1, 0.15) is 172 Å². The predicted molar refractivity (Wildman–Crippen MR) is 233 cm³/mol. The van der Waals surface area contributed by atoms with Gasteiger partial charge in [0.05, 0.1) is 17.3 Å². The number of carbonyl (C=O) groups is 4. The molecule has 1 aliphatic heterocycles. The summed E-state index contributed by atoms with van der Waals surface area (Å²) in [4.78, 5) is 56.5. The lowest BCUT2D eigenvalue weighted by atomic mass is 9.37. The van der Waals surface area contributed by atoms with Gasteiger partial charge in [-0.25, -0.2) is 0 Å². The lowest BCUT2D eigenvalue weighted by Crippen LogP contribution is -2.63. The van der Waals surface area contributed by atoms with Crippen molar-refractivity contribution in [3.63, 3.8) is 0 Å². The molecule has 7 saturated carbocycles. The zero-order valence-corrected chi connectivity index (χ0v) is 38.8. The van der Waals surface area contributed by atoms with Crippen molar-refractivity contribution in [1.29, 1.82) is 0 Å². The number of carbonyl (C=O) groups excluding carboxylic acids is 4. The number of nitrogens with zero attached hydrogens (tertiary/aromatic N) is 1. The molecule has 14 unspecified atom stereocenters. The average Bonchev–Trinajstić information content (AvgIpc) is 3.63. The van der Waals surface area contributed by atoms with Gasteiger partial charge in [0.1, 0.15) is 11.7 Å². The van der Waals surface area contributed by atoms with Gasteiger partial charge < -0.3 is 19.7 Å². The van der Waals surface area contributed by atoms with Gasteiger partial charge in [-0.3, -0.25) is 19.2 Å². The third-order valence-electron chi connectivity index (χ3n) is 19.1. The zero-order valence-electron chi connectivity index (χ0n) is 38.8. The van der Waals surface area contributed by atoms with Crippen LogP contribution in [0.5, 0.6) is 0 Å². The maximum absolute atomic E-state index is 14.5. The maximum Gasteiger partial charge on any atom is 0.310 e. The molecule has 15 atom stereocenters. The topological polar surface area (TPSA) is 102 Å². The summed E-state index contributed by atoms with van der Waals surface area (Å²) < 4.78 is 12.1. The Morgan fingerprint density at radius 1 is 0.729 bits per heavy atom. The quantitative estimate of drug-likeness (QED) is 0.212. The molecule has 0 aromatic carbocycles. The van der Waals surface area contributed by atoms with Gasteiger partial charge in [0, 0.05) is 25.0 Å². The summed E-state index contributed by atoms with van der Waals surface area (Å²) in [5.41, 5.74) is -0.740. The van der Waals surface area contributed by atoms with Crippen molar-refractivity contribution in [3.05, 3.63) is 12.7 Å². The fraction of sp³-hybridized carbons (Fsp3) is 0.882. The molecule has 8 aliphatic rings. The summed E-state index contributed by atoms with van der Waals surface area (Å²) in [6.07, 6.45) is 18.9. The second kappa shape index (κ2) is 16.4. The van der Waals surface area contributed by atoms with Gasteiger partial charge in [0.15, 0.2) is 0 Å². The van der Waals surface area contributed by atoms with Crippen LogP contribution in [0.25, 0.3) is 0 Å². The van der Waals surface area contributed by atoms with Crippen LogP contribution in [0, 0.1) is 80.8 Å². The Kier molecular flexibility index (Phi) is 12.4. The highest BCUT2D eigenvalue weighted by atomic mass is 16.6. The lowest BCUT2D eigenvalue weighted by molar-refractivity contribution is -0.209. The number of ether oxygens (including phenoxy) is 2. The summed E-state index contributed by atoms with van der Waals surface area (Å²) in [7, 11) is 0. The minimum Gasteiger partial charge on any atom is -0.462 e. The molecule has 8 rings (SSSR count). The van der Waals surface area contributed by atoms with Crippen LogP contribution in [0.4, 0.5) is 0 Å². The number of hydrogen-bond acceptors (Lipinski definition) is 6. The number of nitrogens with one attached hydrogen (secondary N) is 1. The monoisotopic (exact) mass is 819 g/mol. The van der Waals surface area contributed by atoms with Crippen molar-refractivity contribution in [2.45, 2.75) is 190 Å². The van der Waals surface area contributed by atoms with E-state index in [1.54, 1.807) is 6.08 Å². The molecule has 332 valence electrons. The number of esters is 2. The van der Waals surface area contributed by atoms with E-state index < -0.39 is 11.0 Å². The van der Waals surface area contributed by atoms with Crippen molar-refractivity contribution in [2.75, 3.05) is 13.1 Å². The number of rotatable bonds is 6. The highest BCUT2D eigenvalue weighted by Crippen LogP contribution is 2.72. The second-order valence-corrected chi connectivity index (χ2v) is 23.4. The number of fused-ring (bicyclic) bond motifs is 7.